The van der Waals surface area contributed by atoms with Gasteiger partial charge >= 0.3 is 6.09 Å². The van der Waals surface area contributed by atoms with Gasteiger partial charge in [0, 0.05) is 17.2 Å². The van der Waals surface area contributed by atoms with Crippen molar-refractivity contribution in [2.45, 2.75) is 0 Å². The molecule has 5 heteroatoms. The highest BCUT2D eigenvalue weighted by Gasteiger charge is 2.09. The van der Waals surface area contributed by atoms with E-state index in [-0.39, 0.29) is 5.82 Å². The lowest BCUT2D eigenvalue weighted by molar-refractivity contribution is 0.209. The van der Waals surface area contributed by atoms with Crippen LogP contribution in [-0.2, 0) is 0 Å². The van der Waals surface area contributed by atoms with Crippen LogP contribution in [0.5, 0.6) is 0 Å². The molecule has 108 valence electrons. The predicted molar refractivity (Wildman–Crippen MR) is 84.6 cm³/mol. The first kappa shape index (κ1) is 13.8. The Kier molecular flexibility index (Phi) is 3.78. The van der Waals surface area contributed by atoms with E-state index in [1.807, 2.05) is 60.7 Å². The molecule has 0 aliphatic rings. The van der Waals surface area contributed by atoms with Crippen LogP contribution in [-0.4, -0.2) is 21.2 Å². The molecule has 0 aliphatic heterocycles. The van der Waals surface area contributed by atoms with Crippen molar-refractivity contribution in [1.82, 2.24) is 9.97 Å². The third kappa shape index (κ3) is 3.09. The quantitative estimate of drug-likeness (QED) is 0.767. The van der Waals surface area contributed by atoms with Crippen LogP contribution in [0, 0.1) is 0 Å². The maximum absolute atomic E-state index is 10.9. The Bertz CT molecular complexity index is 732. The number of hydrogen-bond acceptors (Lipinski definition) is 3. The van der Waals surface area contributed by atoms with Crippen LogP contribution >= 0.6 is 0 Å². The van der Waals surface area contributed by atoms with E-state index >= 15 is 0 Å². The molecule has 22 heavy (non-hydrogen) atoms. The second-order valence-corrected chi connectivity index (χ2v) is 4.62. The topological polar surface area (TPSA) is 75.1 Å². The van der Waals surface area contributed by atoms with E-state index in [0.717, 1.165) is 11.1 Å². The lowest BCUT2D eigenvalue weighted by Crippen LogP contribution is -2.10. The van der Waals surface area contributed by atoms with Gasteiger partial charge in [-0.1, -0.05) is 60.7 Å². The molecule has 1 amide bonds. The molecule has 5 nitrogen and oxygen atoms in total. The minimum atomic E-state index is -1.16. The van der Waals surface area contributed by atoms with Gasteiger partial charge in [0.15, 0.2) is 5.82 Å². The standard InChI is InChI=1S/C17H13N3O2/c21-17(22)20-15-11-14(12-7-3-1-4-8-12)18-16(19-15)13-9-5-2-6-10-13/h1-11H,(H,21,22)(H,18,19,20). The first-order valence-corrected chi connectivity index (χ1v) is 6.72. The number of amides is 1. The molecule has 2 N–H and O–H groups in total. The SMILES string of the molecule is O=C(O)Nc1cc(-c2ccccc2)nc(-c2ccccc2)n1. The van der Waals surface area contributed by atoms with Crippen molar-refractivity contribution < 1.29 is 9.90 Å². The highest BCUT2D eigenvalue weighted by molar-refractivity contribution is 5.83. The summed E-state index contributed by atoms with van der Waals surface area (Å²) >= 11 is 0. The lowest BCUT2D eigenvalue weighted by atomic mass is 10.1. The molecule has 0 bridgehead atoms. The van der Waals surface area contributed by atoms with E-state index in [2.05, 4.69) is 15.3 Å². The van der Waals surface area contributed by atoms with E-state index in [4.69, 9.17) is 5.11 Å². The molecular formula is C17H13N3O2. The summed E-state index contributed by atoms with van der Waals surface area (Å²) in [5.74, 6) is 0.728. The molecular weight excluding hydrogens is 278 g/mol. The maximum Gasteiger partial charge on any atom is 0.410 e. The maximum atomic E-state index is 10.9. The number of carbonyl (C=O) groups is 1. The summed E-state index contributed by atoms with van der Waals surface area (Å²) in [4.78, 5) is 19.7. The Labute approximate surface area is 127 Å². The summed E-state index contributed by atoms with van der Waals surface area (Å²) in [5.41, 5.74) is 2.39. The zero-order valence-corrected chi connectivity index (χ0v) is 11.6. The number of benzene rings is 2. The van der Waals surface area contributed by atoms with Gasteiger partial charge in [-0.15, -0.1) is 0 Å². The van der Waals surface area contributed by atoms with Crippen LogP contribution in [0.15, 0.2) is 66.7 Å². The Hall–Kier alpha value is -3.21. The van der Waals surface area contributed by atoms with Gasteiger partial charge in [-0.25, -0.2) is 14.8 Å². The summed E-state index contributed by atoms with van der Waals surface area (Å²) in [6, 6.07) is 20.6. The zero-order valence-electron chi connectivity index (χ0n) is 11.6. The Morgan fingerprint density at radius 1 is 0.864 bits per heavy atom. The summed E-state index contributed by atoms with van der Waals surface area (Å²) in [5, 5.41) is 11.2. The lowest BCUT2D eigenvalue weighted by Gasteiger charge is -2.08. The number of nitrogens with zero attached hydrogens (tertiary/aromatic N) is 2. The minimum Gasteiger partial charge on any atom is -0.465 e. The van der Waals surface area contributed by atoms with Gasteiger partial charge in [-0.05, 0) is 0 Å². The van der Waals surface area contributed by atoms with Gasteiger partial charge in [0.05, 0.1) is 5.69 Å². The van der Waals surface area contributed by atoms with Crippen molar-refractivity contribution in [3.8, 4) is 22.6 Å². The average molecular weight is 291 g/mol. The van der Waals surface area contributed by atoms with E-state index < -0.39 is 6.09 Å². The fraction of sp³-hybridized carbons (Fsp3) is 0. The average Bonchev–Trinajstić information content (AvgIpc) is 2.55. The minimum absolute atomic E-state index is 0.250. The zero-order chi connectivity index (χ0) is 15.4. The Morgan fingerprint density at radius 3 is 2.05 bits per heavy atom. The third-order valence-corrected chi connectivity index (χ3v) is 3.06. The molecule has 0 aliphatic carbocycles. The highest BCUT2D eigenvalue weighted by atomic mass is 16.4. The number of aromatic nitrogens is 2. The van der Waals surface area contributed by atoms with Crippen LogP contribution in [0.3, 0.4) is 0 Å². The molecule has 0 saturated carbocycles. The van der Waals surface area contributed by atoms with Gasteiger partial charge in [-0.2, -0.15) is 0 Å². The fourth-order valence-electron chi connectivity index (χ4n) is 2.09. The second kappa shape index (κ2) is 6.05. The monoisotopic (exact) mass is 291 g/mol. The Morgan fingerprint density at radius 2 is 1.45 bits per heavy atom. The van der Waals surface area contributed by atoms with Crippen molar-refractivity contribution in [3.05, 3.63) is 66.7 Å². The molecule has 0 unspecified atom stereocenters. The van der Waals surface area contributed by atoms with E-state index in [1.165, 1.54) is 0 Å². The molecule has 1 aromatic heterocycles. The highest BCUT2D eigenvalue weighted by Crippen LogP contribution is 2.24. The molecule has 2 aromatic carbocycles. The number of rotatable bonds is 3. The number of hydrogen-bond donors (Lipinski definition) is 2. The van der Waals surface area contributed by atoms with Crippen LogP contribution in [0.25, 0.3) is 22.6 Å². The predicted octanol–water partition coefficient (Wildman–Crippen LogP) is 3.90. The van der Waals surface area contributed by atoms with Crippen molar-refractivity contribution in [3.63, 3.8) is 0 Å². The van der Waals surface area contributed by atoms with Gasteiger partial charge in [0.1, 0.15) is 5.82 Å². The molecule has 3 aromatic rings. The normalized spacial score (nSPS) is 10.2. The van der Waals surface area contributed by atoms with E-state index in [0.29, 0.717) is 11.5 Å². The van der Waals surface area contributed by atoms with Crippen molar-refractivity contribution in [2.24, 2.45) is 0 Å². The smallest absolute Gasteiger partial charge is 0.410 e. The molecule has 0 spiro atoms. The van der Waals surface area contributed by atoms with Crippen molar-refractivity contribution in [1.29, 1.82) is 0 Å². The largest absolute Gasteiger partial charge is 0.465 e. The second-order valence-electron chi connectivity index (χ2n) is 4.62. The van der Waals surface area contributed by atoms with Gasteiger partial charge in [0.2, 0.25) is 0 Å². The third-order valence-electron chi connectivity index (χ3n) is 3.06. The summed E-state index contributed by atoms with van der Waals surface area (Å²) in [6.45, 7) is 0. The van der Waals surface area contributed by atoms with E-state index in [1.54, 1.807) is 6.07 Å². The van der Waals surface area contributed by atoms with Gasteiger partial charge in [-0.3, -0.25) is 5.32 Å². The summed E-state index contributed by atoms with van der Waals surface area (Å²) < 4.78 is 0. The van der Waals surface area contributed by atoms with Crippen LogP contribution in [0.4, 0.5) is 10.6 Å². The molecule has 3 rings (SSSR count). The van der Waals surface area contributed by atoms with Crippen molar-refractivity contribution in [2.75, 3.05) is 5.32 Å². The number of carboxylic acid groups (broad SMARTS) is 1. The van der Waals surface area contributed by atoms with E-state index in [9.17, 15) is 4.79 Å². The van der Waals surface area contributed by atoms with Crippen LogP contribution in [0.2, 0.25) is 0 Å². The first-order chi connectivity index (χ1) is 10.7. The molecule has 0 radical (unpaired) electrons. The summed E-state index contributed by atoms with van der Waals surface area (Å²) in [7, 11) is 0. The van der Waals surface area contributed by atoms with Crippen molar-refractivity contribution >= 4 is 11.9 Å². The molecule has 0 atom stereocenters. The molecule has 1 heterocycles. The Balaban J connectivity index is 2.12. The number of nitrogens with one attached hydrogen (secondary N) is 1. The molecule has 0 fully saturated rings. The summed E-state index contributed by atoms with van der Waals surface area (Å²) in [6.07, 6.45) is -1.16. The fourth-order valence-corrected chi connectivity index (χ4v) is 2.09. The van der Waals surface area contributed by atoms with Gasteiger partial charge in [0.25, 0.3) is 0 Å². The molecule has 0 saturated heterocycles. The number of anilines is 1. The van der Waals surface area contributed by atoms with Gasteiger partial charge < -0.3 is 5.11 Å². The van der Waals surface area contributed by atoms with Crippen LogP contribution in [0.1, 0.15) is 0 Å². The first-order valence-electron chi connectivity index (χ1n) is 6.72. The van der Waals surface area contributed by atoms with Crippen LogP contribution < -0.4 is 5.32 Å².